The standard InChI is InChI=1S/C26H29N3O6.Na.H/c1-14-8-6-7-9-18(14)19-11-17(35-5)12-20(16(19)3)21(13-23(31)32)27-26(34)28-24-22(30)10-15(2)29(4)25(24)33;;/h6-12,21,24H,13H2,1-5H3,(H,31,32)(H2,27,28,34);;/q;+1;-1. The second kappa shape index (κ2) is 12.2. The quantitative estimate of drug-likeness (QED) is 0.367. The van der Waals surface area contributed by atoms with Crippen LogP contribution in [0, 0.1) is 13.8 Å². The second-order valence-electron chi connectivity index (χ2n) is 8.49. The van der Waals surface area contributed by atoms with Crippen molar-refractivity contribution in [1.29, 1.82) is 0 Å². The maximum atomic E-state index is 12.8. The maximum absolute atomic E-state index is 12.8. The number of likely N-dealkylation sites (N-methyl/N-ethyl adjacent to an activating group) is 1. The van der Waals surface area contributed by atoms with Crippen LogP contribution in [-0.4, -0.2) is 53.9 Å². The van der Waals surface area contributed by atoms with Gasteiger partial charge in [-0.1, -0.05) is 24.3 Å². The third-order valence-corrected chi connectivity index (χ3v) is 6.17. The first-order valence-corrected chi connectivity index (χ1v) is 11.1. The summed E-state index contributed by atoms with van der Waals surface area (Å²) in [7, 11) is 3.02. The van der Waals surface area contributed by atoms with Gasteiger partial charge in [0.25, 0.3) is 5.91 Å². The van der Waals surface area contributed by atoms with Crippen LogP contribution < -0.4 is 44.9 Å². The van der Waals surface area contributed by atoms with E-state index >= 15 is 0 Å². The number of hydrogen-bond acceptors (Lipinski definition) is 5. The Morgan fingerprint density at radius 1 is 1.14 bits per heavy atom. The van der Waals surface area contributed by atoms with Crippen LogP contribution in [0.1, 0.15) is 37.5 Å². The first-order valence-electron chi connectivity index (χ1n) is 11.1. The number of urea groups is 1. The van der Waals surface area contributed by atoms with E-state index < -0.39 is 42.2 Å². The molecule has 10 heteroatoms. The molecular weight excluding hydrogens is 473 g/mol. The number of ketones is 1. The summed E-state index contributed by atoms with van der Waals surface area (Å²) in [5.74, 6) is -1.74. The van der Waals surface area contributed by atoms with E-state index in [1.807, 2.05) is 44.2 Å². The van der Waals surface area contributed by atoms with E-state index in [9.17, 15) is 24.3 Å². The smallest absolute Gasteiger partial charge is 1.00 e. The van der Waals surface area contributed by atoms with Gasteiger partial charge >= 0.3 is 41.6 Å². The van der Waals surface area contributed by atoms with Gasteiger partial charge in [-0.2, -0.15) is 0 Å². The van der Waals surface area contributed by atoms with Gasteiger partial charge in [0.15, 0.2) is 11.8 Å². The largest absolute Gasteiger partial charge is 1.00 e. The van der Waals surface area contributed by atoms with Gasteiger partial charge in [0.2, 0.25) is 0 Å². The van der Waals surface area contributed by atoms with Crippen molar-refractivity contribution in [1.82, 2.24) is 15.5 Å². The Hall–Kier alpha value is -3.14. The van der Waals surface area contributed by atoms with Crippen molar-refractivity contribution < 1.29 is 60.0 Å². The molecule has 36 heavy (non-hydrogen) atoms. The molecule has 3 N–H and O–H groups in total. The number of carbonyl (C=O) groups excluding carboxylic acids is 3. The molecule has 0 radical (unpaired) electrons. The number of benzene rings is 2. The Balaban J connectivity index is 0.00000342. The molecule has 0 saturated carbocycles. The van der Waals surface area contributed by atoms with Crippen LogP contribution in [0.25, 0.3) is 11.1 Å². The fraction of sp³-hybridized carbons (Fsp3) is 0.308. The summed E-state index contributed by atoms with van der Waals surface area (Å²) in [6, 6.07) is 8.15. The van der Waals surface area contributed by atoms with Crippen LogP contribution in [0.4, 0.5) is 4.79 Å². The zero-order valence-electron chi connectivity index (χ0n) is 22.3. The molecule has 2 aromatic carbocycles. The van der Waals surface area contributed by atoms with Crippen molar-refractivity contribution in [2.45, 2.75) is 39.3 Å². The van der Waals surface area contributed by atoms with E-state index in [1.165, 1.54) is 25.1 Å². The number of carboxylic acid groups (broad SMARTS) is 1. The number of allylic oxidation sites excluding steroid dienone is 1. The van der Waals surface area contributed by atoms with Gasteiger partial charge in [-0.05, 0) is 60.7 Å². The Morgan fingerprint density at radius 2 is 1.81 bits per heavy atom. The van der Waals surface area contributed by atoms with Crippen LogP contribution >= 0.6 is 0 Å². The normalized spacial score (nSPS) is 16.0. The van der Waals surface area contributed by atoms with Gasteiger partial charge in [-0.3, -0.25) is 14.4 Å². The summed E-state index contributed by atoms with van der Waals surface area (Å²) in [6.07, 6.45) is 0.863. The van der Waals surface area contributed by atoms with Gasteiger partial charge in [0.1, 0.15) is 5.75 Å². The Kier molecular flexibility index (Phi) is 9.86. The van der Waals surface area contributed by atoms with Gasteiger partial charge in [0, 0.05) is 18.8 Å². The number of aryl methyl sites for hydroxylation is 1. The number of hydrogen-bond donors (Lipinski definition) is 3. The SMILES string of the molecule is COc1cc(-c2ccccc2C)c(C)c(C(CC(=O)O)NC(=O)NC2C(=O)C=C(C)N(C)C2=O)c1.[H-].[Na+]. The predicted octanol–water partition coefficient (Wildman–Crippen LogP) is 0.224. The topological polar surface area (TPSA) is 125 Å². The summed E-state index contributed by atoms with van der Waals surface area (Å²) >= 11 is 0. The summed E-state index contributed by atoms with van der Waals surface area (Å²) in [5, 5.41) is 14.6. The van der Waals surface area contributed by atoms with Gasteiger partial charge < -0.3 is 26.8 Å². The maximum Gasteiger partial charge on any atom is 1.00 e. The van der Waals surface area contributed by atoms with Gasteiger partial charge in [-0.25, -0.2) is 4.79 Å². The minimum atomic E-state index is -1.39. The number of aliphatic carboxylic acids is 1. The number of carbonyl (C=O) groups is 4. The number of rotatable bonds is 7. The van der Waals surface area contributed by atoms with E-state index in [0.717, 1.165) is 22.3 Å². The van der Waals surface area contributed by atoms with E-state index in [0.29, 0.717) is 17.0 Å². The summed E-state index contributed by atoms with van der Waals surface area (Å²) in [6.45, 7) is 5.44. The predicted molar refractivity (Wildman–Crippen MR) is 131 cm³/mol. The summed E-state index contributed by atoms with van der Waals surface area (Å²) < 4.78 is 5.47. The molecule has 3 rings (SSSR count). The number of carboxylic acids is 1. The van der Waals surface area contributed by atoms with Crippen molar-refractivity contribution in [3.63, 3.8) is 0 Å². The molecule has 186 valence electrons. The Bertz CT molecular complexity index is 1230. The van der Waals surface area contributed by atoms with Crippen LogP contribution in [0.2, 0.25) is 0 Å². The van der Waals surface area contributed by atoms with Crippen molar-refractivity contribution in [2.24, 2.45) is 0 Å². The van der Waals surface area contributed by atoms with Gasteiger partial charge in [0.05, 0.1) is 19.6 Å². The molecule has 0 aliphatic carbocycles. The van der Waals surface area contributed by atoms with Crippen LogP contribution in [0.3, 0.4) is 0 Å². The van der Waals surface area contributed by atoms with Crippen molar-refractivity contribution in [3.05, 3.63) is 64.9 Å². The molecular formula is C26H30N3NaO6. The first kappa shape index (κ1) is 29.1. The average molecular weight is 504 g/mol. The second-order valence-corrected chi connectivity index (χ2v) is 8.49. The van der Waals surface area contributed by atoms with Crippen molar-refractivity contribution >= 4 is 23.7 Å². The zero-order chi connectivity index (χ0) is 25.9. The molecule has 0 bridgehead atoms. The molecule has 0 fully saturated rings. The Labute approximate surface area is 233 Å². The third kappa shape index (κ3) is 6.34. The molecule has 0 saturated heterocycles. The minimum absolute atomic E-state index is 0. The van der Waals surface area contributed by atoms with Crippen LogP contribution in [-0.2, 0) is 14.4 Å². The fourth-order valence-corrected chi connectivity index (χ4v) is 4.10. The number of amides is 3. The molecule has 1 heterocycles. The molecule has 1 aliphatic heterocycles. The van der Waals surface area contributed by atoms with E-state index in [4.69, 9.17) is 4.74 Å². The van der Waals surface area contributed by atoms with Crippen molar-refractivity contribution in [2.75, 3.05) is 14.2 Å². The molecule has 2 atom stereocenters. The fourth-order valence-electron chi connectivity index (χ4n) is 4.10. The molecule has 3 amide bonds. The first-order chi connectivity index (χ1) is 16.5. The van der Waals surface area contributed by atoms with Gasteiger partial charge in [-0.15, -0.1) is 0 Å². The monoisotopic (exact) mass is 503 g/mol. The van der Waals surface area contributed by atoms with Crippen LogP contribution in [0.5, 0.6) is 5.75 Å². The van der Waals surface area contributed by atoms with E-state index in [-0.39, 0.29) is 31.0 Å². The number of nitrogens with zero attached hydrogens (tertiary/aromatic N) is 1. The average Bonchev–Trinajstić information content (AvgIpc) is 2.80. The molecule has 2 unspecified atom stereocenters. The Morgan fingerprint density at radius 3 is 2.42 bits per heavy atom. The molecule has 1 aliphatic rings. The summed E-state index contributed by atoms with van der Waals surface area (Å²) in [5.41, 5.74) is 4.61. The zero-order valence-corrected chi connectivity index (χ0v) is 23.3. The van der Waals surface area contributed by atoms with Crippen molar-refractivity contribution in [3.8, 4) is 16.9 Å². The summed E-state index contributed by atoms with van der Waals surface area (Å²) in [4.78, 5) is 50.6. The molecule has 9 nitrogen and oxygen atoms in total. The van der Waals surface area contributed by atoms with E-state index in [1.54, 1.807) is 13.0 Å². The van der Waals surface area contributed by atoms with Crippen LogP contribution in [0.15, 0.2) is 48.2 Å². The van der Waals surface area contributed by atoms with E-state index in [2.05, 4.69) is 10.6 Å². The number of nitrogens with one attached hydrogen (secondary N) is 2. The molecule has 0 aromatic heterocycles. The molecule has 0 spiro atoms. The molecule has 2 aromatic rings. The third-order valence-electron chi connectivity index (χ3n) is 6.17. The number of methoxy groups -OCH3 is 1. The number of ether oxygens (including phenoxy) is 1. The minimum Gasteiger partial charge on any atom is -1.00 e.